The third kappa shape index (κ3) is 3.00. The first-order chi connectivity index (χ1) is 5.83. The highest BCUT2D eigenvalue weighted by Crippen LogP contribution is 2.04. The molecule has 3 heteroatoms. The van der Waals surface area contributed by atoms with E-state index in [-0.39, 0.29) is 0 Å². The van der Waals surface area contributed by atoms with Crippen LogP contribution in [0.2, 0.25) is 0 Å². The van der Waals surface area contributed by atoms with Crippen molar-refractivity contribution < 1.29 is 15.3 Å². The lowest BCUT2D eigenvalue weighted by atomic mass is 10.1. The van der Waals surface area contributed by atoms with E-state index in [0.29, 0.717) is 12.8 Å². The first-order valence-electron chi connectivity index (χ1n) is 3.85. The van der Waals surface area contributed by atoms with Crippen molar-refractivity contribution >= 4 is 0 Å². The molecule has 0 aliphatic heterocycles. The first-order valence-corrected chi connectivity index (χ1v) is 3.85. The van der Waals surface area contributed by atoms with E-state index in [2.05, 4.69) is 4.89 Å². The number of aliphatic hydroxyl groups is 1. The zero-order valence-corrected chi connectivity index (χ0v) is 6.68. The summed E-state index contributed by atoms with van der Waals surface area (Å²) in [4.78, 5) is 3.73. The first kappa shape index (κ1) is 9.19. The smallest absolute Gasteiger partial charge is 0.188 e. The molecule has 1 unspecified atom stereocenters. The molecule has 1 aromatic carbocycles. The van der Waals surface area contributed by atoms with Crippen molar-refractivity contribution in [3.8, 4) is 0 Å². The fraction of sp³-hybridized carbons (Fsp3) is 0.333. The van der Waals surface area contributed by atoms with Gasteiger partial charge in [-0.15, -0.1) is 0 Å². The second kappa shape index (κ2) is 4.87. The molecule has 0 radical (unpaired) electrons. The maximum Gasteiger partial charge on any atom is 0.188 e. The molecule has 0 fully saturated rings. The van der Waals surface area contributed by atoms with Crippen LogP contribution in [0.5, 0.6) is 0 Å². The largest absolute Gasteiger partial charge is 0.366 e. The monoisotopic (exact) mass is 168 g/mol. The van der Waals surface area contributed by atoms with Gasteiger partial charge in [-0.05, 0) is 12.0 Å². The lowest BCUT2D eigenvalue weighted by Crippen LogP contribution is -2.10. The Bertz CT molecular complexity index is 210. The average molecular weight is 168 g/mol. The number of hydrogen-bond donors (Lipinski definition) is 2. The van der Waals surface area contributed by atoms with Crippen molar-refractivity contribution in [2.24, 2.45) is 0 Å². The second-order valence-corrected chi connectivity index (χ2v) is 2.58. The van der Waals surface area contributed by atoms with Gasteiger partial charge in [0.1, 0.15) is 0 Å². The molecule has 0 aromatic heterocycles. The molecule has 0 spiro atoms. The normalized spacial score (nSPS) is 12.8. The van der Waals surface area contributed by atoms with E-state index in [1.54, 1.807) is 0 Å². The van der Waals surface area contributed by atoms with Crippen LogP contribution in [0, 0.1) is 0 Å². The van der Waals surface area contributed by atoms with Gasteiger partial charge in [0.05, 0.1) is 0 Å². The molecule has 0 bridgehead atoms. The van der Waals surface area contributed by atoms with Gasteiger partial charge < -0.3 is 5.11 Å². The van der Waals surface area contributed by atoms with Gasteiger partial charge in [-0.3, -0.25) is 0 Å². The highest BCUT2D eigenvalue weighted by Gasteiger charge is 2.02. The predicted octanol–water partition coefficient (Wildman–Crippen LogP) is 1.43. The van der Waals surface area contributed by atoms with E-state index in [9.17, 15) is 0 Å². The highest BCUT2D eigenvalue weighted by molar-refractivity contribution is 5.14. The molecule has 0 aliphatic rings. The van der Waals surface area contributed by atoms with E-state index in [1.165, 1.54) is 0 Å². The summed E-state index contributed by atoms with van der Waals surface area (Å²) in [5.74, 6) is 0. The van der Waals surface area contributed by atoms with Crippen LogP contribution in [-0.4, -0.2) is 16.7 Å². The maximum absolute atomic E-state index is 8.85. The summed E-state index contributed by atoms with van der Waals surface area (Å²) in [6, 6.07) is 9.72. The molecule has 1 rings (SSSR count). The van der Waals surface area contributed by atoms with Gasteiger partial charge in [-0.1, -0.05) is 30.3 Å². The summed E-state index contributed by atoms with van der Waals surface area (Å²) in [5, 5.41) is 16.9. The average Bonchev–Trinajstić information content (AvgIpc) is 2.16. The molecule has 0 aliphatic carbocycles. The molecule has 3 nitrogen and oxygen atoms in total. The molecular weight excluding hydrogens is 156 g/mol. The summed E-state index contributed by atoms with van der Waals surface area (Å²) in [6.45, 7) is 0. The SMILES string of the molecule is OOC(O)CCc1ccccc1. The Labute approximate surface area is 71.2 Å². The second-order valence-electron chi connectivity index (χ2n) is 2.58. The lowest BCUT2D eigenvalue weighted by Gasteiger charge is -2.05. The van der Waals surface area contributed by atoms with E-state index in [1.807, 2.05) is 30.3 Å². The lowest BCUT2D eigenvalue weighted by molar-refractivity contribution is -0.335. The number of benzene rings is 1. The zero-order valence-electron chi connectivity index (χ0n) is 6.68. The third-order valence-corrected chi connectivity index (χ3v) is 1.64. The van der Waals surface area contributed by atoms with Crippen molar-refractivity contribution in [3.63, 3.8) is 0 Å². The summed E-state index contributed by atoms with van der Waals surface area (Å²) in [5.41, 5.74) is 1.12. The number of aliphatic hydroxyl groups excluding tert-OH is 1. The van der Waals surface area contributed by atoms with Crippen LogP contribution in [0.4, 0.5) is 0 Å². The molecule has 1 aromatic rings. The highest BCUT2D eigenvalue weighted by atomic mass is 17.1. The Morgan fingerprint density at radius 1 is 1.25 bits per heavy atom. The predicted molar refractivity (Wildman–Crippen MR) is 44.5 cm³/mol. The van der Waals surface area contributed by atoms with Crippen molar-refractivity contribution in [3.05, 3.63) is 35.9 Å². The minimum atomic E-state index is -1.08. The fourth-order valence-electron chi connectivity index (χ4n) is 0.988. The molecule has 0 saturated heterocycles. The van der Waals surface area contributed by atoms with Crippen molar-refractivity contribution in [2.45, 2.75) is 19.1 Å². The van der Waals surface area contributed by atoms with Crippen LogP contribution in [0.25, 0.3) is 0 Å². The van der Waals surface area contributed by atoms with Gasteiger partial charge in [-0.25, -0.2) is 10.1 Å². The van der Waals surface area contributed by atoms with Crippen LogP contribution >= 0.6 is 0 Å². The maximum atomic E-state index is 8.85. The van der Waals surface area contributed by atoms with Gasteiger partial charge in [0.25, 0.3) is 0 Å². The standard InChI is InChI=1S/C9H12O3/c10-9(12-11)7-6-8-4-2-1-3-5-8/h1-5,9-11H,6-7H2. The molecule has 0 saturated carbocycles. The topological polar surface area (TPSA) is 49.7 Å². The minimum absolute atomic E-state index is 0.403. The van der Waals surface area contributed by atoms with Gasteiger partial charge in [0, 0.05) is 6.42 Å². The van der Waals surface area contributed by atoms with E-state index < -0.39 is 6.29 Å². The van der Waals surface area contributed by atoms with Crippen molar-refractivity contribution in [2.75, 3.05) is 0 Å². The van der Waals surface area contributed by atoms with Crippen LogP contribution in [0.15, 0.2) is 30.3 Å². The quantitative estimate of drug-likeness (QED) is 0.406. The zero-order chi connectivity index (χ0) is 8.81. The Balaban J connectivity index is 2.33. The Kier molecular flexibility index (Phi) is 3.73. The number of hydrogen-bond acceptors (Lipinski definition) is 3. The van der Waals surface area contributed by atoms with E-state index in [4.69, 9.17) is 10.4 Å². The number of rotatable bonds is 4. The van der Waals surface area contributed by atoms with Crippen molar-refractivity contribution in [1.82, 2.24) is 0 Å². The summed E-state index contributed by atoms with van der Waals surface area (Å²) in [7, 11) is 0. The van der Waals surface area contributed by atoms with Crippen LogP contribution in [-0.2, 0) is 11.3 Å². The molecule has 0 amide bonds. The Morgan fingerprint density at radius 3 is 2.50 bits per heavy atom. The third-order valence-electron chi connectivity index (χ3n) is 1.64. The summed E-state index contributed by atoms with van der Waals surface area (Å²) >= 11 is 0. The van der Waals surface area contributed by atoms with Gasteiger partial charge >= 0.3 is 0 Å². The Morgan fingerprint density at radius 2 is 1.92 bits per heavy atom. The van der Waals surface area contributed by atoms with Crippen molar-refractivity contribution in [1.29, 1.82) is 0 Å². The van der Waals surface area contributed by atoms with Gasteiger partial charge in [0.15, 0.2) is 6.29 Å². The molecule has 66 valence electrons. The molecule has 0 heterocycles. The summed E-state index contributed by atoms with van der Waals surface area (Å²) in [6.07, 6.45) is 0.0218. The fourth-order valence-corrected chi connectivity index (χ4v) is 0.988. The molecule has 2 N–H and O–H groups in total. The van der Waals surface area contributed by atoms with E-state index in [0.717, 1.165) is 5.56 Å². The van der Waals surface area contributed by atoms with Crippen LogP contribution in [0.1, 0.15) is 12.0 Å². The van der Waals surface area contributed by atoms with Crippen LogP contribution in [0.3, 0.4) is 0 Å². The van der Waals surface area contributed by atoms with E-state index >= 15 is 0 Å². The number of aryl methyl sites for hydroxylation is 1. The molecular formula is C9H12O3. The Hall–Kier alpha value is -0.900. The molecule has 12 heavy (non-hydrogen) atoms. The van der Waals surface area contributed by atoms with Gasteiger partial charge in [-0.2, -0.15) is 0 Å². The van der Waals surface area contributed by atoms with Gasteiger partial charge in [0.2, 0.25) is 0 Å². The van der Waals surface area contributed by atoms with Crippen LogP contribution < -0.4 is 0 Å². The minimum Gasteiger partial charge on any atom is -0.366 e. The summed E-state index contributed by atoms with van der Waals surface area (Å²) < 4.78 is 0. The molecule has 1 atom stereocenters.